The fourth-order valence-corrected chi connectivity index (χ4v) is 10.3. The molecule has 3 atom stereocenters. The first-order valence-corrected chi connectivity index (χ1v) is 24.2. The van der Waals surface area contributed by atoms with E-state index in [0.29, 0.717) is 28.0 Å². The standard InChI is InChI=1S/C48H48ClN5O8S3/c1-6-63-45(44(58)61-47(2,3)4)62-53-37(36-29-65-46(50-36)52-48(32-16-10-7-11-17-32,33-18-12-8-13-19-33)34-20-14-9-15-21-34)40(55)51-38-41(56)54-39(31(26-49)28-64-42(38)54)43(57)60-27-30-22-24-35(59-5)25-23-30/h7-25,29,38,42,45H,6,26-28H2,1-5H3,(H,50,52)(H,51,55)/b53-37-. The highest BCUT2D eigenvalue weighted by molar-refractivity contribution is 8.00. The van der Waals surface area contributed by atoms with Gasteiger partial charge in [0.05, 0.1) is 7.11 Å². The van der Waals surface area contributed by atoms with E-state index in [0.717, 1.165) is 34.0 Å². The number of thiazole rings is 1. The monoisotopic (exact) mass is 953 g/mol. The molecule has 2 aliphatic heterocycles. The number of rotatable bonds is 18. The molecule has 7 rings (SSSR count). The maximum Gasteiger partial charge on any atom is 0.361 e. The van der Waals surface area contributed by atoms with Gasteiger partial charge in [0.25, 0.3) is 17.3 Å². The third kappa shape index (κ3) is 10.7. The lowest BCUT2D eigenvalue weighted by Gasteiger charge is -2.49. The first-order chi connectivity index (χ1) is 31.4. The highest BCUT2D eigenvalue weighted by Crippen LogP contribution is 2.42. The Kier molecular flexibility index (Phi) is 15.2. The molecule has 65 heavy (non-hydrogen) atoms. The lowest BCUT2D eigenvalue weighted by atomic mass is 9.77. The van der Waals surface area contributed by atoms with Gasteiger partial charge in [-0.3, -0.25) is 14.5 Å². The summed E-state index contributed by atoms with van der Waals surface area (Å²) in [5.41, 5.74) is 0.985. The smallest absolute Gasteiger partial charge is 0.361 e. The number of carbonyl (C=O) groups excluding carboxylic acids is 4. The summed E-state index contributed by atoms with van der Waals surface area (Å²) in [7, 11) is 1.56. The minimum atomic E-state index is -1.22. The Hall–Kier alpha value is -5.81. The number of benzene rings is 4. The first kappa shape index (κ1) is 47.2. The molecule has 3 unspecified atom stereocenters. The number of carbonyl (C=O) groups is 4. The summed E-state index contributed by atoms with van der Waals surface area (Å²) in [6.07, 6.45) is 0. The summed E-state index contributed by atoms with van der Waals surface area (Å²) in [5.74, 6) is -1.27. The minimum Gasteiger partial charge on any atom is -0.497 e. The van der Waals surface area contributed by atoms with Gasteiger partial charge in [-0.25, -0.2) is 14.6 Å². The van der Waals surface area contributed by atoms with E-state index in [4.69, 9.17) is 35.6 Å². The van der Waals surface area contributed by atoms with Crippen molar-refractivity contribution in [1.29, 1.82) is 0 Å². The Morgan fingerprint density at radius 1 is 0.923 bits per heavy atom. The lowest BCUT2D eigenvalue weighted by molar-refractivity contribution is -0.162. The number of anilines is 1. The van der Waals surface area contributed by atoms with Crippen LogP contribution in [-0.4, -0.2) is 86.3 Å². The number of thioether (sulfide) groups is 2. The van der Waals surface area contributed by atoms with Crippen molar-refractivity contribution in [3.63, 3.8) is 0 Å². The summed E-state index contributed by atoms with van der Waals surface area (Å²) in [6.45, 7) is 7.03. The minimum absolute atomic E-state index is 0.00345. The zero-order chi connectivity index (χ0) is 46.1. The fraction of sp³-hybridized carbons (Fsp3) is 0.292. The molecule has 338 valence electrons. The van der Waals surface area contributed by atoms with Crippen molar-refractivity contribution in [2.24, 2.45) is 5.16 Å². The zero-order valence-electron chi connectivity index (χ0n) is 36.3. The molecule has 17 heteroatoms. The largest absolute Gasteiger partial charge is 0.497 e. The van der Waals surface area contributed by atoms with Crippen LogP contribution in [0.25, 0.3) is 0 Å². The average Bonchev–Trinajstić information content (AvgIpc) is 3.79. The number of hydrogen-bond donors (Lipinski definition) is 2. The third-order valence-corrected chi connectivity index (χ3v) is 13.6. The molecule has 1 aromatic heterocycles. The SMILES string of the molecule is CCSC(O/N=C(\C(=O)NC1C(=O)N2C(C(=O)OCc3ccc(OC)cc3)=C(CCl)CSC12)c1csc(NC(c2ccccc2)(c2ccccc2)c2ccccc2)n1)C(=O)OC(C)(C)C. The third-order valence-electron chi connectivity index (χ3n) is 10.3. The van der Waals surface area contributed by atoms with Crippen LogP contribution < -0.4 is 15.4 Å². The van der Waals surface area contributed by atoms with Gasteiger partial charge in [-0.05, 0) is 66.5 Å². The maximum atomic E-state index is 14.5. The number of fused-ring (bicyclic) bond motifs is 1. The van der Waals surface area contributed by atoms with E-state index in [1.54, 1.807) is 57.5 Å². The van der Waals surface area contributed by atoms with E-state index in [9.17, 15) is 19.2 Å². The van der Waals surface area contributed by atoms with E-state index in [1.807, 2.05) is 97.9 Å². The van der Waals surface area contributed by atoms with Gasteiger partial charge in [0.15, 0.2) is 10.8 Å². The lowest BCUT2D eigenvalue weighted by Crippen LogP contribution is -2.71. The van der Waals surface area contributed by atoms with Gasteiger partial charge >= 0.3 is 11.9 Å². The molecule has 0 aliphatic carbocycles. The number of esters is 2. The van der Waals surface area contributed by atoms with Crippen molar-refractivity contribution in [2.75, 3.05) is 29.8 Å². The predicted molar refractivity (Wildman–Crippen MR) is 256 cm³/mol. The second kappa shape index (κ2) is 21.0. The number of amides is 2. The molecule has 0 spiro atoms. The van der Waals surface area contributed by atoms with Gasteiger partial charge in [-0.2, -0.15) is 0 Å². The molecule has 1 saturated heterocycles. The normalized spacial score (nSPS) is 16.7. The van der Waals surface area contributed by atoms with Crippen LogP contribution in [0, 0.1) is 0 Å². The van der Waals surface area contributed by atoms with Gasteiger partial charge in [0.2, 0.25) is 0 Å². The molecule has 0 bridgehead atoms. The van der Waals surface area contributed by atoms with Crippen LogP contribution in [0.1, 0.15) is 55.6 Å². The Labute approximate surface area is 395 Å². The molecular formula is C48H48ClN5O8S3. The summed E-state index contributed by atoms with van der Waals surface area (Å²) in [5, 5.41) is 12.3. The molecule has 2 amide bonds. The van der Waals surface area contributed by atoms with Gasteiger partial charge in [-0.1, -0.05) is 115 Å². The van der Waals surface area contributed by atoms with Crippen LogP contribution in [0.2, 0.25) is 0 Å². The number of β-lactam (4-membered cyclic amide) rings is 1. The number of hydrogen-bond acceptors (Lipinski definition) is 14. The molecule has 2 aliphatic rings. The molecule has 13 nitrogen and oxygen atoms in total. The first-order valence-electron chi connectivity index (χ1n) is 20.7. The summed E-state index contributed by atoms with van der Waals surface area (Å²) in [6, 6.07) is 35.9. The van der Waals surface area contributed by atoms with E-state index in [1.165, 1.54) is 28.0 Å². The van der Waals surface area contributed by atoms with Gasteiger partial charge < -0.3 is 29.7 Å². The number of oxime groups is 1. The number of ether oxygens (including phenoxy) is 3. The highest BCUT2D eigenvalue weighted by atomic mass is 35.5. The van der Waals surface area contributed by atoms with Crippen LogP contribution in [-0.2, 0) is 45.6 Å². The van der Waals surface area contributed by atoms with Gasteiger partial charge in [0, 0.05) is 17.0 Å². The number of alkyl halides is 1. The van der Waals surface area contributed by atoms with Gasteiger partial charge in [0.1, 0.15) is 46.3 Å². The number of methoxy groups -OCH3 is 1. The molecule has 1 fully saturated rings. The van der Waals surface area contributed by atoms with E-state index < -0.39 is 51.7 Å². The van der Waals surface area contributed by atoms with Crippen LogP contribution >= 0.6 is 46.5 Å². The van der Waals surface area contributed by atoms with Crippen LogP contribution in [0.5, 0.6) is 5.75 Å². The topological polar surface area (TPSA) is 158 Å². The van der Waals surface area contributed by atoms with Crippen molar-refractivity contribution in [3.8, 4) is 5.75 Å². The van der Waals surface area contributed by atoms with Crippen molar-refractivity contribution in [3.05, 3.63) is 160 Å². The Bertz CT molecular complexity index is 2440. The average molecular weight is 955 g/mol. The number of nitrogens with zero attached hydrogens (tertiary/aromatic N) is 3. The van der Waals surface area contributed by atoms with E-state index >= 15 is 0 Å². The van der Waals surface area contributed by atoms with Crippen LogP contribution in [0.4, 0.5) is 5.13 Å². The number of aromatic nitrogens is 1. The van der Waals surface area contributed by atoms with Crippen molar-refractivity contribution in [2.45, 2.75) is 62.3 Å². The Balaban J connectivity index is 1.19. The van der Waals surface area contributed by atoms with E-state index in [2.05, 4.69) is 15.8 Å². The van der Waals surface area contributed by atoms with Crippen molar-refractivity contribution >= 4 is 81.1 Å². The molecular weight excluding hydrogens is 906 g/mol. The molecule has 2 N–H and O–H groups in total. The summed E-state index contributed by atoms with van der Waals surface area (Å²) < 4.78 is 16.5. The Morgan fingerprint density at radius 3 is 2.06 bits per heavy atom. The Morgan fingerprint density at radius 2 is 1.52 bits per heavy atom. The maximum absolute atomic E-state index is 14.5. The number of nitrogens with one attached hydrogen (secondary N) is 2. The van der Waals surface area contributed by atoms with Crippen LogP contribution in [0.3, 0.4) is 0 Å². The van der Waals surface area contributed by atoms with Crippen molar-refractivity contribution in [1.82, 2.24) is 15.2 Å². The molecule has 3 heterocycles. The zero-order valence-corrected chi connectivity index (χ0v) is 39.5. The molecule has 4 aromatic carbocycles. The highest BCUT2D eigenvalue weighted by Gasteiger charge is 2.55. The van der Waals surface area contributed by atoms with E-state index in [-0.39, 0.29) is 29.6 Å². The predicted octanol–water partition coefficient (Wildman–Crippen LogP) is 8.33. The second-order valence-corrected chi connectivity index (χ2v) is 19.3. The fourth-order valence-electron chi connectivity index (χ4n) is 7.25. The van der Waals surface area contributed by atoms with Gasteiger partial charge in [-0.15, -0.1) is 46.5 Å². The summed E-state index contributed by atoms with van der Waals surface area (Å²) in [4.78, 5) is 67.5. The number of halogens is 1. The quantitative estimate of drug-likeness (QED) is 0.0165. The second-order valence-electron chi connectivity index (χ2n) is 15.7. The summed E-state index contributed by atoms with van der Waals surface area (Å²) >= 11 is 10.0. The van der Waals surface area contributed by atoms with Crippen LogP contribution in [0.15, 0.2) is 137 Å². The van der Waals surface area contributed by atoms with Crippen molar-refractivity contribution < 1.29 is 38.2 Å². The molecule has 5 aromatic rings. The molecule has 0 saturated carbocycles. The molecule has 0 radical (unpaired) electrons.